The van der Waals surface area contributed by atoms with Crippen molar-refractivity contribution in [1.82, 2.24) is 10.6 Å². The van der Waals surface area contributed by atoms with E-state index in [2.05, 4.69) is 15.6 Å². The lowest BCUT2D eigenvalue weighted by Gasteiger charge is -2.22. The lowest BCUT2D eigenvalue weighted by Crippen LogP contribution is -2.41. The van der Waals surface area contributed by atoms with Crippen LogP contribution in [0.3, 0.4) is 0 Å². The third-order valence-electron chi connectivity index (χ3n) is 3.92. The molecule has 2 N–H and O–H groups in total. The van der Waals surface area contributed by atoms with Gasteiger partial charge in [0.05, 0.1) is 19.1 Å². The maximum atomic E-state index is 11.3. The summed E-state index contributed by atoms with van der Waals surface area (Å²) in [4.78, 5) is 15.5. The molecule has 0 radical (unpaired) electrons. The van der Waals surface area contributed by atoms with Gasteiger partial charge in [-0.2, -0.15) is 0 Å². The fourth-order valence-corrected chi connectivity index (χ4v) is 2.52. The van der Waals surface area contributed by atoms with Gasteiger partial charge in [0.15, 0.2) is 5.96 Å². The van der Waals surface area contributed by atoms with Gasteiger partial charge >= 0.3 is 5.97 Å². The molecule has 0 spiro atoms. The van der Waals surface area contributed by atoms with Gasteiger partial charge in [-0.05, 0) is 19.3 Å². The Morgan fingerprint density at radius 3 is 2.57 bits per heavy atom. The molecule has 7 heteroatoms. The Labute approximate surface area is 157 Å². The van der Waals surface area contributed by atoms with Crippen LogP contribution in [-0.4, -0.2) is 51.9 Å². The Balaban J connectivity index is 0.00000484. The molecule has 1 rings (SSSR count). The minimum Gasteiger partial charge on any atom is -0.469 e. The first-order valence-electron chi connectivity index (χ1n) is 8.31. The quantitative estimate of drug-likeness (QED) is 0.199. The number of carbonyl (C=O) groups excluding carboxylic acids is 1. The highest BCUT2D eigenvalue weighted by Crippen LogP contribution is 2.20. The van der Waals surface area contributed by atoms with E-state index < -0.39 is 0 Å². The van der Waals surface area contributed by atoms with Gasteiger partial charge in [-0.3, -0.25) is 9.79 Å². The SMILES string of the molecule is CN=C(NCCCOC1CCCCC1)NCC(C)C(=O)OC.I. The summed E-state index contributed by atoms with van der Waals surface area (Å²) in [6.07, 6.45) is 7.80. The summed E-state index contributed by atoms with van der Waals surface area (Å²) in [7, 11) is 3.12. The predicted molar refractivity (Wildman–Crippen MR) is 103 cm³/mol. The number of nitrogens with zero attached hydrogens (tertiary/aromatic N) is 1. The van der Waals surface area contributed by atoms with Crippen LogP contribution in [-0.2, 0) is 14.3 Å². The topological polar surface area (TPSA) is 72.0 Å². The summed E-state index contributed by atoms with van der Waals surface area (Å²) in [6, 6.07) is 0. The molecule has 1 unspecified atom stereocenters. The molecule has 0 bridgehead atoms. The monoisotopic (exact) mass is 441 g/mol. The molecule has 136 valence electrons. The van der Waals surface area contributed by atoms with Gasteiger partial charge in [0.2, 0.25) is 0 Å². The highest BCUT2D eigenvalue weighted by molar-refractivity contribution is 14.0. The summed E-state index contributed by atoms with van der Waals surface area (Å²) < 4.78 is 10.6. The molecule has 0 aliphatic heterocycles. The number of halogens is 1. The number of rotatable bonds is 8. The number of carbonyl (C=O) groups is 1. The average Bonchev–Trinajstić information content (AvgIpc) is 2.57. The van der Waals surface area contributed by atoms with Crippen molar-refractivity contribution in [3.8, 4) is 0 Å². The van der Waals surface area contributed by atoms with E-state index in [1.165, 1.54) is 39.2 Å². The fraction of sp³-hybridized carbons (Fsp3) is 0.875. The van der Waals surface area contributed by atoms with Gasteiger partial charge in [-0.15, -0.1) is 24.0 Å². The van der Waals surface area contributed by atoms with Crippen LogP contribution in [0.2, 0.25) is 0 Å². The molecular weight excluding hydrogens is 409 g/mol. The summed E-state index contributed by atoms with van der Waals surface area (Å²) >= 11 is 0. The van der Waals surface area contributed by atoms with Gasteiger partial charge in [0.1, 0.15) is 0 Å². The second-order valence-electron chi connectivity index (χ2n) is 5.79. The fourth-order valence-electron chi connectivity index (χ4n) is 2.52. The zero-order valence-corrected chi connectivity index (χ0v) is 16.9. The molecule has 0 heterocycles. The lowest BCUT2D eigenvalue weighted by molar-refractivity contribution is -0.144. The number of aliphatic imine (C=N–C) groups is 1. The number of esters is 1. The normalized spacial score (nSPS) is 17.1. The molecule has 1 atom stereocenters. The predicted octanol–water partition coefficient (Wildman–Crippen LogP) is 2.32. The number of hydrogen-bond donors (Lipinski definition) is 2. The largest absolute Gasteiger partial charge is 0.469 e. The number of nitrogens with one attached hydrogen (secondary N) is 2. The van der Waals surface area contributed by atoms with Crippen molar-refractivity contribution in [2.75, 3.05) is 33.9 Å². The maximum Gasteiger partial charge on any atom is 0.310 e. The molecule has 1 aliphatic carbocycles. The first kappa shape index (κ1) is 22.4. The van der Waals surface area contributed by atoms with E-state index in [1.54, 1.807) is 7.05 Å². The summed E-state index contributed by atoms with van der Waals surface area (Å²) in [5.74, 6) is 0.287. The molecule has 0 saturated heterocycles. The molecule has 0 aromatic heterocycles. The van der Waals surface area contributed by atoms with Gasteiger partial charge in [-0.25, -0.2) is 0 Å². The van der Waals surface area contributed by atoms with Crippen LogP contribution < -0.4 is 10.6 Å². The molecule has 1 saturated carbocycles. The molecule has 6 nitrogen and oxygen atoms in total. The maximum absolute atomic E-state index is 11.3. The molecule has 1 fully saturated rings. The Hall–Kier alpha value is -0.570. The minimum absolute atomic E-state index is 0. The van der Waals surface area contributed by atoms with Crippen molar-refractivity contribution in [3.05, 3.63) is 0 Å². The van der Waals surface area contributed by atoms with E-state index in [0.717, 1.165) is 19.6 Å². The first-order valence-corrected chi connectivity index (χ1v) is 8.31. The zero-order chi connectivity index (χ0) is 16.2. The molecule has 0 amide bonds. The van der Waals surface area contributed by atoms with Crippen molar-refractivity contribution in [2.45, 2.75) is 51.6 Å². The van der Waals surface area contributed by atoms with Crippen molar-refractivity contribution in [2.24, 2.45) is 10.9 Å². The van der Waals surface area contributed by atoms with Gasteiger partial charge in [-0.1, -0.05) is 26.2 Å². The summed E-state index contributed by atoms with van der Waals surface area (Å²) in [5, 5.41) is 6.35. The summed E-state index contributed by atoms with van der Waals surface area (Å²) in [6.45, 7) is 3.92. The van der Waals surface area contributed by atoms with Crippen LogP contribution >= 0.6 is 24.0 Å². The van der Waals surface area contributed by atoms with E-state index in [4.69, 9.17) is 9.47 Å². The number of hydrogen-bond acceptors (Lipinski definition) is 4. The van der Waals surface area contributed by atoms with E-state index >= 15 is 0 Å². The molecule has 0 aromatic carbocycles. The molecule has 1 aliphatic rings. The van der Waals surface area contributed by atoms with Crippen LogP contribution in [0, 0.1) is 5.92 Å². The Bertz CT molecular complexity index is 347. The van der Waals surface area contributed by atoms with Crippen LogP contribution in [0.15, 0.2) is 4.99 Å². The van der Waals surface area contributed by atoms with Crippen LogP contribution in [0.4, 0.5) is 0 Å². The Kier molecular flexibility index (Phi) is 13.5. The van der Waals surface area contributed by atoms with E-state index in [9.17, 15) is 4.79 Å². The van der Waals surface area contributed by atoms with Gasteiger partial charge in [0.25, 0.3) is 0 Å². The Morgan fingerprint density at radius 2 is 1.96 bits per heavy atom. The van der Waals surface area contributed by atoms with E-state index in [-0.39, 0.29) is 35.9 Å². The number of guanidine groups is 1. The highest BCUT2D eigenvalue weighted by atomic mass is 127. The highest BCUT2D eigenvalue weighted by Gasteiger charge is 2.14. The summed E-state index contributed by atoms with van der Waals surface area (Å²) in [5.41, 5.74) is 0. The second-order valence-corrected chi connectivity index (χ2v) is 5.79. The molecule has 0 aromatic rings. The van der Waals surface area contributed by atoms with Gasteiger partial charge < -0.3 is 20.1 Å². The third-order valence-corrected chi connectivity index (χ3v) is 3.92. The zero-order valence-electron chi connectivity index (χ0n) is 14.6. The molecule has 23 heavy (non-hydrogen) atoms. The van der Waals surface area contributed by atoms with Crippen molar-refractivity contribution in [1.29, 1.82) is 0 Å². The average molecular weight is 441 g/mol. The minimum atomic E-state index is -0.219. The van der Waals surface area contributed by atoms with E-state index in [1.807, 2.05) is 6.92 Å². The van der Waals surface area contributed by atoms with Crippen molar-refractivity contribution in [3.63, 3.8) is 0 Å². The third kappa shape index (κ3) is 10.0. The van der Waals surface area contributed by atoms with Crippen molar-refractivity contribution < 1.29 is 14.3 Å². The standard InChI is InChI=1S/C16H31N3O3.HI/c1-13(15(20)21-3)12-19-16(17-2)18-10-7-11-22-14-8-5-4-6-9-14;/h13-14H,4-12H2,1-3H3,(H2,17,18,19);1H. The Morgan fingerprint density at radius 1 is 1.26 bits per heavy atom. The van der Waals surface area contributed by atoms with Crippen molar-refractivity contribution >= 4 is 35.9 Å². The first-order chi connectivity index (χ1) is 10.7. The van der Waals surface area contributed by atoms with E-state index in [0.29, 0.717) is 18.6 Å². The molecular formula is C16H32IN3O3. The number of ether oxygens (including phenoxy) is 2. The van der Waals surface area contributed by atoms with Crippen LogP contribution in [0.25, 0.3) is 0 Å². The van der Waals surface area contributed by atoms with Crippen LogP contribution in [0.1, 0.15) is 45.4 Å². The lowest BCUT2D eigenvalue weighted by atomic mass is 9.98. The van der Waals surface area contributed by atoms with Crippen LogP contribution in [0.5, 0.6) is 0 Å². The van der Waals surface area contributed by atoms with Gasteiger partial charge in [0, 0.05) is 26.7 Å². The smallest absolute Gasteiger partial charge is 0.310 e. The second kappa shape index (κ2) is 13.8. The number of methoxy groups -OCH3 is 1.